The predicted octanol–water partition coefficient (Wildman–Crippen LogP) is 7.35. The zero-order valence-electron chi connectivity index (χ0n) is 35.0. The van der Waals surface area contributed by atoms with Gasteiger partial charge in [-0.3, -0.25) is 14.3 Å². The third-order valence-electron chi connectivity index (χ3n) is 10.2. The van der Waals surface area contributed by atoms with Crippen molar-refractivity contribution in [1.82, 2.24) is 14.2 Å². The van der Waals surface area contributed by atoms with Crippen molar-refractivity contribution in [3.05, 3.63) is 165 Å². The van der Waals surface area contributed by atoms with Crippen LogP contribution in [0.15, 0.2) is 131 Å². The van der Waals surface area contributed by atoms with Crippen molar-refractivity contribution in [2.24, 2.45) is 0 Å². The van der Waals surface area contributed by atoms with Gasteiger partial charge in [-0.1, -0.05) is 72.8 Å². The number of rotatable bonds is 19. The largest absolute Gasteiger partial charge is 0.497 e. The summed E-state index contributed by atoms with van der Waals surface area (Å²) in [5, 5.41) is 9.33. The van der Waals surface area contributed by atoms with Crippen molar-refractivity contribution < 1.29 is 37.5 Å². The number of nitrogens with zero attached hydrogens (tertiary/aromatic N) is 3. The Kier molecular flexibility index (Phi) is 15.3. The van der Waals surface area contributed by atoms with Crippen LogP contribution in [0.3, 0.4) is 0 Å². The van der Waals surface area contributed by atoms with Crippen LogP contribution in [0.5, 0.6) is 11.5 Å². The van der Waals surface area contributed by atoms with Crippen LogP contribution in [-0.4, -0.2) is 78.0 Å². The van der Waals surface area contributed by atoms with Crippen molar-refractivity contribution in [3.63, 3.8) is 0 Å². The molecule has 14 nitrogen and oxygen atoms in total. The zero-order valence-corrected chi connectivity index (χ0v) is 35.9. The van der Waals surface area contributed by atoms with Gasteiger partial charge < -0.3 is 32.7 Å². The Bertz CT molecular complexity index is 2280. The van der Waals surface area contributed by atoms with E-state index in [0.29, 0.717) is 28.2 Å². The van der Waals surface area contributed by atoms with Gasteiger partial charge in [-0.25, -0.2) is 14.3 Å². The van der Waals surface area contributed by atoms with Crippen LogP contribution in [-0.2, 0) is 28.9 Å². The summed E-state index contributed by atoms with van der Waals surface area (Å²) in [6, 6.07) is 36.2. The van der Waals surface area contributed by atoms with E-state index < -0.39 is 55.9 Å². The maximum atomic E-state index is 14.2. The number of nitriles is 1. The van der Waals surface area contributed by atoms with Crippen LogP contribution in [0.1, 0.15) is 67.4 Å². The molecule has 0 radical (unpaired) electrons. The SMILES string of the molecule is COc1ccc(C(O[C@@H]2[C@H](OC(=O)c3ccccc3)[C@@H](COP(OCCC#N)N(C(C)C)C(C)C)O[C@H]2n2ccc(=O)[nH]c2=O)(c2ccccc2)c2ccc(OC)cc2)cc1. The lowest BCUT2D eigenvalue weighted by Crippen LogP contribution is -2.47. The fourth-order valence-corrected chi connectivity index (χ4v) is 9.03. The Balaban J connectivity index is 1.56. The molecule has 61 heavy (non-hydrogen) atoms. The third-order valence-corrected chi connectivity index (χ3v) is 12.2. The minimum atomic E-state index is -1.77. The van der Waals surface area contributed by atoms with Crippen LogP contribution in [0.2, 0.25) is 0 Å². The summed E-state index contributed by atoms with van der Waals surface area (Å²) >= 11 is 0. The van der Waals surface area contributed by atoms with Crippen molar-refractivity contribution in [2.45, 2.75) is 76.3 Å². The number of methoxy groups -OCH3 is 2. The lowest BCUT2D eigenvalue weighted by Gasteiger charge is -2.40. The molecule has 320 valence electrons. The molecule has 1 aliphatic heterocycles. The highest BCUT2D eigenvalue weighted by atomic mass is 31.2. The number of hydrogen-bond donors (Lipinski definition) is 1. The van der Waals surface area contributed by atoms with Gasteiger partial charge in [0.1, 0.15) is 29.3 Å². The Morgan fingerprint density at radius 1 is 0.803 bits per heavy atom. The van der Waals surface area contributed by atoms with E-state index in [4.69, 9.17) is 32.7 Å². The summed E-state index contributed by atoms with van der Waals surface area (Å²) in [6.07, 6.45) is -3.38. The summed E-state index contributed by atoms with van der Waals surface area (Å²) in [7, 11) is 1.39. The Morgan fingerprint density at radius 2 is 1.36 bits per heavy atom. The van der Waals surface area contributed by atoms with Crippen LogP contribution < -0.4 is 20.7 Å². The van der Waals surface area contributed by atoms with E-state index in [1.807, 2.05) is 107 Å². The highest BCUT2D eigenvalue weighted by Crippen LogP contribution is 2.49. The van der Waals surface area contributed by atoms with Crippen molar-refractivity contribution >= 4 is 14.5 Å². The summed E-state index contributed by atoms with van der Waals surface area (Å²) < 4.78 is 48.0. The van der Waals surface area contributed by atoms with E-state index in [1.165, 1.54) is 16.8 Å². The molecule has 0 bridgehead atoms. The molecule has 1 unspecified atom stereocenters. The van der Waals surface area contributed by atoms with Gasteiger partial charge in [0, 0.05) is 24.3 Å². The third kappa shape index (κ3) is 10.3. The molecule has 0 amide bonds. The van der Waals surface area contributed by atoms with Gasteiger partial charge in [0.2, 0.25) is 0 Å². The molecule has 15 heteroatoms. The first kappa shape index (κ1) is 44.9. The minimum Gasteiger partial charge on any atom is -0.497 e. The van der Waals surface area contributed by atoms with Gasteiger partial charge in [0.15, 0.2) is 12.3 Å². The number of hydrogen-bond acceptors (Lipinski definition) is 12. The van der Waals surface area contributed by atoms with E-state index in [9.17, 15) is 19.6 Å². The second-order valence-corrected chi connectivity index (χ2v) is 16.2. The molecule has 5 atom stereocenters. The first-order valence-corrected chi connectivity index (χ1v) is 21.1. The topological polar surface area (TPSA) is 164 Å². The normalized spacial score (nSPS) is 18.2. The predicted molar refractivity (Wildman–Crippen MR) is 229 cm³/mol. The molecule has 1 fully saturated rings. The number of esters is 1. The molecule has 1 N–H and O–H groups in total. The van der Waals surface area contributed by atoms with Gasteiger partial charge in [-0.05, 0) is 80.8 Å². The van der Waals surface area contributed by atoms with Crippen LogP contribution >= 0.6 is 8.53 Å². The number of aromatic amines is 1. The molecule has 0 saturated carbocycles. The number of benzene rings is 4. The van der Waals surface area contributed by atoms with E-state index in [1.54, 1.807) is 44.6 Å². The van der Waals surface area contributed by atoms with Gasteiger partial charge >= 0.3 is 11.7 Å². The highest BCUT2D eigenvalue weighted by Gasteiger charge is 2.54. The Hall–Kier alpha value is -5.65. The van der Waals surface area contributed by atoms with Gasteiger partial charge in [0.05, 0.1) is 45.5 Å². The number of H-pyrrole nitrogens is 1. The summed E-state index contributed by atoms with van der Waals surface area (Å²) in [5.74, 6) is 0.555. The molecule has 0 aliphatic carbocycles. The second kappa shape index (κ2) is 20.7. The molecule has 1 saturated heterocycles. The van der Waals surface area contributed by atoms with E-state index in [-0.39, 0.29) is 37.3 Å². The molecule has 5 aromatic rings. The van der Waals surface area contributed by atoms with E-state index in [0.717, 1.165) is 0 Å². The van der Waals surface area contributed by atoms with Crippen molar-refractivity contribution in [1.29, 1.82) is 5.26 Å². The molecule has 2 heterocycles. The fraction of sp³-hybridized carbons (Fsp3) is 0.348. The van der Waals surface area contributed by atoms with Crippen molar-refractivity contribution in [3.8, 4) is 17.6 Å². The molecule has 1 aliphatic rings. The number of carbonyl (C=O) groups is 1. The summed E-state index contributed by atoms with van der Waals surface area (Å²) in [6.45, 7) is 8.03. The standard InChI is InChI=1S/C46H51N4O10P/c1-31(2)50(32(3)4)61(56-29-13-27-47)57-30-39-41(59-44(52)33-14-9-7-10-15-33)42(43(58-39)49-28-26-40(51)48-45(49)53)60-46(34-16-11-8-12-17-34,35-18-22-37(54-5)23-19-35)36-20-24-38(55-6)25-21-36/h7-12,14-26,28,31-32,39,41-43H,13,29-30H2,1-6H3,(H,48,51,53)/t39-,41-,42-,43-,61?/m1/s1. The molecule has 1 aromatic heterocycles. The van der Waals surface area contributed by atoms with Crippen molar-refractivity contribution in [2.75, 3.05) is 27.4 Å². The number of ether oxygens (including phenoxy) is 5. The second-order valence-electron chi connectivity index (χ2n) is 14.7. The lowest BCUT2D eigenvalue weighted by molar-refractivity contribution is -0.125. The quantitative estimate of drug-likeness (QED) is 0.0381. The number of carbonyl (C=O) groups excluding carboxylic acids is 1. The Labute approximate surface area is 356 Å². The monoisotopic (exact) mass is 850 g/mol. The number of aromatic nitrogens is 2. The van der Waals surface area contributed by atoms with Gasteiger partial charge in [-0.15, -0.1) is 0 Å². The molecule has 4 aromatic carbocycles. The molecular weight excluding hydrogens is 799 g/mol. The van der Waals surface area contributed by atoms with Gasteiger partial charge in [-0.2, -0.15) is 5.26 Å². The average molecular weight is 851 g/mol. The smallest absolute Gasteiger partial charge is 0.338 e. The molecule has 0 spiro atoms. The van der Waals surface area contributed by atoms with E-state index in [2.05, 4.69) is 15.7 Å². The van der Waals surface area contributed by atoms with Gasteiger partial charge in [0.25, 0.3) is 14.1 Å². The minimum absolute atomic E-state index is 0.00608. The summed E-state index contributed by atoms with van der Waals surface area (Å²) in [5.41, 5.74) is -0.533. The van der Waals surface area contributed by atoms with Crippen LogP contribution in [0.4, 0.5) is 0 Å². The average Bonchev–Trinajstić information content (AvgIpc) is 3.60. The molecule has 6 rings (SSSR count). The maximum absolute atomic E-state index is 14.2. The van der Waals surface area contributed by atoms with Crippen LogP contribution in [0, 0.1) is 11.3 Å². The number of nitrogens with one attached hydrogen (secondary N) is 1. The first-order valence-electron chi connectivity index (χ1n) is 20.0. The summed E-state index contributed by atoms with van der Waals surface area (Å²) in [4.78, 5) is 42.7. The lowest BCUT2D eigenvalue weighted by atomic mass is 9.79. The highest BCUT2D eigenvalue weighted by molar-refractivity contribution is 7.44. The maximum Gasteiger partial charge on any atom is 0.338 e. The fourth-order valence-electron chi connectivity index (χ4n) is 7.41. The Morgan fingerprint density at radius 3 is 1.89 bits per heavy atom. The zero-order chi connectivity index (χ0) is 43.5. The first-order chi connectivity index (χ1) is 29.5. The van der Waals surface area contributed by atoms with Crippen LogP contribution in [0.25, 0.3) is 0 Å². The molecular formula is C46H51N4O10P. The van der Waals surface area contributed by atoms with E-state index >= 15 is 0 Å².